The van der Waals surface area contributed by atoms with Crippen LogP contribution in [0.5, 0.6) is 0 Å². The normalized spacial score (nSPS) is 10.2. The molecule has 0 aliphatic carbocycles. The highest BCUT2D eigenvalue weighted by atomic mass is 32.1. The van der Waals surface area contributed by atoms with Gasteiger partial charge >= 0.3 is 0 Å². The van der Waals surface area contributed by atoms with Crippen molar-refractivity contribution in [2.24, 2.45) is 0 Å². The largest absolute Gasteiger partial charge is 0.395 e. The first kappa shape index (κ1) is 12.8. The molecule has 0 amide bonds. The van der Waals surface area contributed by atoms with Crippen LogP contribution in [0.25, 0.3) is 0 Å². The van der Waals surface area contributed by atoms with Crippen molar-refractivity contribution < 1.29 is 5.11 Å². The quantitative estimate of drug-likeness (QED) is 0.856. The highest BCUT2D eigenvalue weighted by molar-refractivity contribution is 7.10. The zero-order valence-corrected chi connectivity index (χ0v) is 11.3. The molecule has 0 bridgehead atoms. The Kier molecular flexibility index (Phi) is 4.13. The lowest BCUT2D eigenvalue weighted by atomic mass is 10.2. The van der Waals surface area contributed by atoms with Gasteiger partial charge in [-0.1, -0.05) is 11.8 Å². The molecule has 1 N–H and O–H groups in total. The van der Waals surface area contributed by atoms with Crippen molar-refractivity contribution >= 4 is 11.3 Å². The van der Waals surface area contributed by atoms with Crippen LogP contribution in [0, 0.1) is 25.7 Å². The lowest BCUT2D eigenvalue weighted by Crippen LogP contribution is -2.03. The Labute approximate surface area is 110 Å². The van der Waals surface area contributed by atoms with Gasteiger partial charge in [0.25, 0.3) is 0 Å². The number of nitrogens with zero attached hydrogens (tertiary/aromatic N) is 3. The molecule has 5 heteroatoms. The minimum atomic E-state index is 0.105. The van der Waals surface area contributed by atoms with Gasteiger partial charge in [-0.15, -0.1) is 11.3 Å². The van der Waals surface area contributed by atoms with Gasteiger partial charge in [0, 0.05) is 16.9 Å². The molecule has 0 saturated heterocycles. The minimum absolute atomic E-state index is 0.105. The van der Waals surface area contributed by atoms with Crippen LogP contribution in [0.3, 0.4) is 0 Å². The Hall–Kier alpha value is -1.64. The topological polar surface area (TPSA) is 50.9 Å². The molecule has 0 atom stereocenters. The lowest BCUT2D eigenvalue weighted by molar-refractivity contribution is 0.305. The summed E-state index contributed by atoms with van der Waals surface area (Å²) in [5.74, 6) is 7.73. The standard InChI is InChI=1S/C13H15N3OS/c1-10-14-11(2)16(15-10)9-13-12(6-8-18-13)5-3-4-7-17/h6,8,17H,4,7,9H2,1-2H3. The highest BCUT2D eigenvalue weighted by Crippen LogP contribution is 2.17. The van der Waals surface area contributed by atoms with E-state index in [9.17, 15) is 0 Å². The number of rotatable bonds is 3. The molecule has 94 valence electrons. The van der Waals surface area contributed by atoms with Gasteiger partial charge in [0.2, 0.25) is 0 Å². The fraction of sp³-hybridized carbons (Fsp3) is 0.385. The maximum Gasteiger partial charge on any atom is 0.147 e. The predicted octanol–water partition coefficient (Wildman–Crippen LogP) is 1.74. The summed E-state index contributed by atoms with van der Waals surface area (Å²) in [7, 11) is 0. The fourth-order valence-corrected chi connectivity index (χ4v) is 2.45. The van der Waals surface area contributed by atoms with Gasteiger partial charge in [0.15, 0.2) is 0 Å². The van der Waals surface area contributed by atoms with E-state index in [2.05, 4.69) is 21.9 Å². The highest BCUT2D eigenvalue weighted by Gasteiger charge is 2.07. The van der Waals surface area contributed by atoms with E-state index in [1.54, 1.807) is 11.3 Å². The number of aryl methyl sites for hydroxylation is 2. The molecular weight excluding hydrogens is 246 g/mol. The maximum atomic E-state index is 8.72. The number of aromatic nitrogens is 3. The van der Waals surface area contributed by atoms with Gasteiger partial charge in [0.1, 0.15) is 11.6 Å². The number of hydrogen-bond donors (Lipinski definition) is 1. The summed E-state index contributed by atoms with van der Waals surface area (Å²) in [6, 6.07) is 2.00. The van der Waals surface area contributed by atoms with Gasteiger partial charge in [-0.3, -0.25) is 0 Å². The van der Waals surface area contributed by atoms with E-state index in [-0.39, 0.29) is 6.61 Å². The monoisotopic (exact) mass is 261 g/mol. The second-order valence-corrected chi connectivity index (χ2v) is 4.90. The summed E-state index contributed by atoms with van der Waals surface area (Å²) < 4.78 is 1.89. The Morgan fingerprint density at radius 1 is 1.44 bits per heavy atom. The molecule has 0 aliphatic rings. The third-order valence-corrected chi connectivity index (χ3v) is 3.37. The van der Waals surface area contributed by atoms with Gasteiger partial charge in [-0.05, 0) is 25.3 Å². The minimum Gasteiger partial charge on any atom is -0.395 e. The van der Waals surface area contributed by atoms with E-state index in [0.29, 0.717) is 13.0 Å². The molecule has 2 heterocycles. The summed E-state index contributed by atoms with van der Waals surface area (Å²) in [6.45, 7) is 4.64. The van der Waals surface area contributed by atoms with Gasteiger partial charge in [0.05, 0.1) is 13.2 Å². The van der Waals surface area contributed by atoms with Gasteiger partial charge in [-0.2, -0.15) is 5.10 Å². The first-order valence-corrected chi connectivity index (χ1v) is 6.63. The van der Waals surface area contributed by atoms with Crippen LogP contribution in [-0.4, -0.2) is 26.5 Å². The molecule has 2 rings (SSSR count). The van der Waals surface area contributed by atoms with Crippen LogP contribution >= 0.6 is 11.3 Å². The fourth-order valence-electron chi connectivity index (χ4n) is 1.64. The Bertz CT molecular complexity index is 589. The van der Waals surface area contributed by atoms with Crippen molar-refractivity contribution in [1.29, 1.82) is 0 Å². The molecule has 0 spiro atoms. The summed E-state index contributed by atoms with van der Waals surface area (Å²) in [6.07, 6.45) is 0.511. The van der Waals surface area contributed by atoms with Crippen LogP contribution in [0.1, 0.15) is 28.5 Å². The van der Waals surface area contributed by atoms with E-state index in [1.165, 1.54) is 4.88 Å². The number of aliphatic hydroxyl groups is 1. The molecule has 18 heavy (non-hydrogen) atoms. The Morgan fingerprint density at radius 3 is 2.94 bits per heavy atom. The van der Waals surface area contributed by atoms with Crippen LogP contribution in [-0.2, 0) is 6.54 Å². The molecule has 4 nitrogen and oxygen atoms in total. The second-order valence-electron chi connectivity index (χ2n) is 3.90. The van der Waals surface area contributed by atoms with Crippen LogP contribution < -0.4 is 0 Å². The van der Waals surface area contributed by atoms with Crippen molar-refractivity contribution in [3.05, 3.63) is 33.5 Å². The molecule has 0 fully saturated rings. The predicted molar refractivity (Wildman–Crippen MR) is 71.5 cm³/mol. The van der Waals surface area contributed by atoms with Crippen LogP contribution in [0.2, 0.25) is 0 Å². The average Bonchev–Trinajstić information content (AvgIpc) is 2.88. The van der Waals surface area contributed by atoms with Crippen LogP contribution in [0.15, 0.2) is 11.4 Å². The third-order valence-electron chi connectivity index (χ3n) is 2.46. The van der Waals surface area contributed by atoms with E-state index in [1.807, 2.05) is 30.0 Å². The van der Waals surface area contributed by atoms with E-state index < -0.39 is 0 Å². The molecular formula is C13H15N3OS. The SMILES string of the molecule is Cc1nc(C)n(Cc2sccc2C#CCCO)n1. The number of thiophene rings is 1. The van der Waals surface area contributed by atoms with Crippen molar-refractivity contribution in [3.8, 4) is 11.8 Å². The van der Waals surface area contributed by atoms with Crippen molar-refractivity contribution in [3.63, 3.8) is 0 Å². The maximum absolute atomic E-state index is 8.72. The third kappa shape index (κ3) is 2.97. The smallest absolute Gasteiger partial charge is 0.147 e. The molecule has 0 saturated carbocycles. The first-order valence-electron chi connectivity index (χ1n) is 5.75. The summed E-state index contributed by atoms with van der Waals surface area (Å²) in [4.78, 5) is 5.46. The molecule has 2 aromatic heterocycles. The lowest BCUT2D eigenvalue weighted by Gasteiger charge is -2.01. The summed E-state index contributed by atoms with van der Waals surface area (Å²) >= 11 is 1.67. The van der Waals surface area contributed by atoms with E-state index in [0.717, 1.165) is 17.2 Å². The van der Waals surface area contributed by atoms with Gasteiger partial charge in [-0.25, -0.2) is 9.67 Å². The zero-order valence-electron chi connectivity index (χ0n) is 10.5. The number of aliphatic hydroxyl groups excluding tert-OH is 1. The second kappa shape index (κ2) is 5.80. The Balaban J connectivity index is 2.18. The van der Waals surface area contributed by atoms with E-state index in [4.69, 9.17) is 5.11 Å². The first-order chi connectivity index (χ1) is 8.70. The zero-order chi connectivity index (χ0) is 13.0. The summed E-state index contributed by atoms with van der Waals surface area (Å²) in [5.41, 5.74) is 1.01. The van der Waals surface area contributed by atoms with Crippen molar-refractivity contribution in [2.45, 2.75) is 26.8 Å². The Morgan fingerprint density at radius 2 is 2.28 bits per heavy atom. The number of hydrogen-bond acceptors (Lipinski definition) is 4. The van der Waals surface area contributed by atoms with Gasteiger partial charge < -0.3 is 5.11 Å². The van der Waals surface area contributed by atoms with E-state index >= 15 is 0 Å². The molecule has 0 radical (unpaired) electrons. The molecule has 0 aromatic carbocycles. The molecule has 0 aliphatic heterocycles. The van der Waals surface area contributed by atoms with Crippen molar-refractivity contribution in [2.75, 3.05) is 6.61 Å². The van der Waals surface area contributed by atoms with Crippen LogP contribution in [0.4, 0.5) is 0 Å². The van der Waals surface area contributed by atoms with Crippen molar-refractivity contribution in [1.82, 2.24) is 14.8 Å². The molecule has 0 unspecified atom stereocenters. The molecule has 2 aromatic rings. The average molecular weight is 261 g/mol. The summed E-state index contributed by atoms with van der Waals surface area (Å²) in [5, 5.41) is 15.1.